The second-order valence-corrected chi connectivity index (χ2v) is 16.4. The second-order valence-electron chi connectivity index (χ2n) is 14.3. The molecule has 0 saturated heterocycles. The monoisotopic (exact) mass is 718 g/mol. The van der Waals surface area contributed by atoms with Crippen LogP contribution in [0.15, 0.2) is 182 Å². The Balaban J connectivity index is 1.06. The Hall–Kier alpha value is -6.32. The van der Waals surface area contributed by atoms with Crippen LogP contribution >= 0.6 is 22.7 Å². The fourth-order valence-corrected chi connectivity index (χ4v) is 11.6. The van der Waals surface area contributed by atoms with Gasteiger partial charge in [0.25, 0.3) is 0 Å². The minimum atomic E-state index is 1.23. The molecule has 12 rings (SSSR count). The maximum atomic E-state index is 2.45. The molecule has 0 aliphatic rings. The molecule has 0 unspecified atom stereocenters. The van der Waals surface area contributed by atoms with Gasteiger partial charge in [-0.3, -0.25) is 0 Å². The highest BCUT2D eigenvalue weighted by Crippen LogP contribution is 2.49. The van der Waals surface area contributed by atoms with E-state index in [2.05, 4.69) is 182 Å². The van der Waals surface area contributed by atoms with Gasteiger partial charge in [0, 0.05) is 45.7 Å². The summed E-state index contributed by atoms with van der Waals surface area (Å²) >= 11 is 3.85. The molecule has 10 aromatic carbocycles. The van der Waals surface area contributed by atoms with Gasteiger partial charge >= 0.3 is 0 Å². The summed E-state index contributed by atoms with van der Waals surface area (Å²) in [6.45, 7) is 0. The van der Waals surface area contributed by atoms with Crippen LogP contribution in [0.3, 0.4) is 0 Å². The summed E-state index contributed by atoms with van der Waals surface area (Å²) in [5.41, 5.74) is 7.57. The summed E-state index contributed by atoms with van der Waals surface area (Å²) in [6.07, 6.45) is 0. The van der Waals surface area contributed by atoms with Gasteiger partial charge in [-0.2, -0.15) is 0 Å². The number of fused-ring (bicyclic) bond motifs is 12. The zero-order valence-corrected chi connectivity index (χ0v) is 30.8. The molecule has 2 heterocycles. The summed E-state index contributed by atoms with van der Waals surface area (Å²) in [4.78, 5) is 0. The van der Waals surface area contributed by atoms with Gasteiger partial charge in [0.05, 0.1) is 0 Å². The maximum Gasteiger partial charge on any atom is 0.0448 e. The zero-order chi connectivity index (χ0) is 35.3. The Morgan fingerprint density at radius 2 is 0.815 bits per heavy atom. The van der Waals surface area contributed by atoms with Gasteiger partial charge in [-0.1, -0.05) is 158 Å². The van der Waals surface area contributed by atoms with Crippen LogP contribution in [0.2, 0.25) is 0 Å². The van der Waals surface area contributed by atoms with E-state index < -0.39 is 0 Å². The average molecular weight is 719 g/mol. The summed E-state index contributed by atoms with van der Waals surface area (Å²) in [6, 6.07) is 67.7. The molecule has 54 heavy (non-hydrogen) atoms. The van der Waals surface area contributed by atoms with E-state index in [1.165, 1.54) is 117 Å². The lowest BCUT2D eigenvalue weighted by atomic mass is 9.85. The molecule has 0 fully saturated rings. The Labute approximate surface area is 319 Å². The van der Waals surface area contributed by atoms with E-state index in [9.17, 15) is 0 Å². The number of hydrogen-bond donors (Lipinski definition) is 0. The molecule has 2 aromatic heterocycles. The van der Waals surface area contributed by atoms with Crippen LogP contribution in [0.25, 0.3) is 117 Å². The standard InChI is InChI=1S/C52H30S2/c1-2-12-34-29-35(26-21-31(34)11-1)49-39-16-6-4-14-37(39)48(38-15-5-7-17-40(38)49)33-24-22-32(23-25-33)44-30-45-42-27-28-47-50(43-19-9-10-20-46(43)53-47)52(42)54-51(45)41-18-8-3-13-36(41)44/h1-30H. The van der Waals surface area contributed by atoms with Crippen LogP contribution in [0.1, 0.15) is 0 Å². The molecule has 12 aromatic rings. The largest absolute Gasteiger partial charge is 0.135 e. The molecule has 0 atom stereocenters. The van der Waals surface area contributed by atoms with Crippen molar-refractivity contribution in [1.29, 1.82) is 0 Å². The van der Waals surface area contributed by atoms with Crippen molar-refractivity contribution in [1.82, 2.24) is 0 Å². The smallest absolute Gasteiger partial charge is 0.0448 e. The third-order valence-electron chi connectivity index (χ3n) is 11.4. The van der Waals surface area contributed by atoms with Crippen LogP contribution in [0.4, 0.5) is 0 Å². The molecule has 0 aliphatic heterocycles. The molecule has 0 aliphatic carbocycles. The Kier molecular flexibility index (Phi) is 6.48. The first-order chi connectivity index (χ1) is 26.8. The highest BCUT2D eigenvalue weighted by Gasteiger charge is 2.19. The first-order valence-corrected chi connectivity index (χ1v) is 20.1. The maximum absolute atomic E-state index is 2.45. The number of rotatable bonds is 3. The van der Waals surface area contributed by atoms with Crippen molar-refractivity contribution < 1.29 is 0 Å². The SMILES string of the molecule is c1ccc2cc(-c3c4ccccc4c(-c4ccc(-c5cc6c7ccc8sc9ccccc9c8c7sc6c6ccccc56)cc4)c4ccccc34)ccc2c1. The van der Waals surface area contributed by atoms with E-state index in [4.69, 9.17) is 0 Å². The van der Waals surface area contributed by atoms with Gasteiger partial charge in [-0.25, -0.2) is 0 Å². The number of benzene rings is 10. The minimum absolute atomic E-state index is 1.23. The van der Waals surface area contributed by atoms with E-state index in [1.807, 2.05) is 22.7 Å². The Bertz CT molecular complexity index is 3430. The lowest BCUT2D eigenvalue weighted by molar-refractivity contribution is 1.64. The molecular formula is C52H30S2. The third-order valence-corrected chi connectivity index (χ3v) is 13.8. The lowest BCUT2D eigenvalue weighted by Gasteiger charge is -2.18. The fourth-order valence-electron chi connectivity index (χ4n) is 9.01. The third kappa shape index (κ3) is 4.36. The van der Waals surface area contributed by atoms with Crippen molar-refractivity contribution in [2.45, 2.75) is 0 Å². The van der Waals surface area contributed by atoms with Crippen molar-refractivity contribution in [2.24, 2.45) is 0 Å². The van der Waals surface area contributed by atoms with Crippen LogP contribution in [0, 0.1) is 0 Å². The van der Waals surface area contributed by atoms with Gasteiger partial charge in [0.1, 0.15) is 0 Å². The Morgan fingerprint density at radius 3 is 1.54 bits per heavy atom. The first kappa shape index (κ1) is 30.2. The van der Waals surface area contributed by atoms with E-state index in [0.717, 1.165) is 0 Å². The molecule has 0 nitrogen and oxygen atoms in total. The van der Waals surface area contributed by atoms with Gasteiger partial charge in [0.2, 0.25) is 0 Å². The quantitative estimate of drug-likeness (QED) is 0.160. The normalized spacial score (nSPS) is 12.1. The van der Waals surface area contributed by atoms with Crippen LogP contribution in [-0.2, 0) is 0 Å². The number of hydrogen-bond acceptors (Lipinski definition) is 2. The topological polar surface area (TPSA) is 0 Å². The summed E-state index contributed by atoms with van der Waals surface area (Å²) in [7, 11) is 0. The fraction of sp³-hybridized carbons (Fsp3) is 0. The van der Waals surface area contributed by atoms with Crippen LogP contribution in [-0.4, -0.2) is 0 Å². The second kappa shape index (κ2) is 11.6. The minimum Gasteiger partial charge on any atom is -0.135 e. The van der Waals surface area contributed by atoms with Gasteiger partial charge in [-0.15, -0.1) is 22.7 Å². The van der Waals surface area contributed by atoms with Crippen molar-refractivity contribution in [3.63, 3.8) is 0 Å². The molecule has 0 radical (unpaired) electrons. The van der Waals surface area contributed by atoms with Gasteiger partial charge in [0.15, 0.2) is 0 Å². The molecule has 0 spiro atoms. The summed E-state index contributed by atoms with van der Waals surface area (Å²) in [5, 5.41) is 15.7. The summed E-state index contributed by atoms with van der Waals surface area (Å²) in [5.74, 6) is 0. The van der Waals surface area contributed by atoms with Gasteiger partial charge < -0.3 is 0 Å². The predicted octanol–water partition coefficient (Wildman–Crippen LogP) is 16.0. The molecular weight excluding hydrogens is 689 g/mol. The van der Waals surface area contributed by atoms with E-state index >= 15 is 0 Å². The molecule has 250 valence electrons. The van der Waals surface area contributed by atoms with Gasteiger partial charge in [-0.05, 0) is 95.3 Å². The zero-order valence-electron chi connectivity index (χ0n) is 29.1. The average Bonchev–Trinajstić information content (AvgIpc) is 3.81. The van der Waals surface area contributed by atoms with E-state index in [1.54, 1.807) is 0 Å². The number of thiophene rings is 2. The summed E-state index contributed by atoms with van der Waals surface area (Å²) < 4.78 is 5.48. The molecule has 0 N–H and O–H groups in total. The molecule has 0 amide bonds. The van der Waals surface area contributed by atoms with E-state index in [-0.39, 0.29) is 0 Å². The highest BCUT2D eigenvalue weighted by atomic mass is 32.1. The molecule has 2 heteroatoms. The van der Waals surface area contributed by atoms with Crippen molar-refractivity contribution in [3.05, 3.63) is 182 Å². The van der Waals surface area contributed by atoms with Crippen LogP contribution in [0.5, 0.6) is 0 Å². The first-order valence-electron chi connectivity index (χ1n) is 18.5. The van der Waals surface area contributed by atoms with E-state index in [0.29, 0.717) is 0 Å². The molecule has 0 bridgehead atoms. The Morgan fingerprint density at radius 1 is 0.278 bits per heavy atom. The van der Waals surface area contributed by atoms with Crippen molar-refractivity contribution >= 4 is 106 Å². The van der Waals surface area contributed by atoms with Crippen LogP contribution < -0.4 is 0 Å². The molecule has 0 saturated carbocycles. The predicted molar refractivity (Wildman–Crippen MR) is 239 cm³/mol. The lowest BCUT2D eigenvalue weighted by Crippen LogP contribution is -1.91. The van der Waals surface area contributed by atoms with Crippen molar-refractivity contribution in [3.8, 4) is 33.4 Å². The highest BCUT2D eigenvalue weighted by molar-refractivity contribution is 7.30. The van der Waals surface area contributed by atoms with Crippen molar-refractivity contribution in [2.75, 3.05) is 0 Å².